The lowest BCUT2D eigenvalue weighted by molar-refractivity contribution is -0.159. The number of aliphatic carboxylic acids is 2. The summed E-state index contributed by atoms with van der Waals surface area (Å²) >= 11 is 0. The molecule has 10 heteroatoms. The summed E-state index contributed by atoms with van der Waals surface area (Å²) in [6.07, 6.45) is 1.19. The average molecular weight is 457 g/mol. The molecule has 0 unspecified atom stereocenters. The number of aryl methyl sites for hydroxylation is 2. The highest BCUT2D eigenvalue weighted by atomic mass is 16.5. The van der Waals surface area contributed by atoms with Crippen LogP contribution >= 0.6 is 0 Å². The molecule has 0 saturated heterocycles. The van der Waals surface area contributed by atoms with Gasteiger partial charge in [-0.25, -0.2) is 14.4 Å². The van der Waals surface area contributed by atoms with Gasteiger partial charge in [0, 0.05) is 5.69 Å². The molecule has 0 aliphatic carbocycles. The predicted octanol–water partition coefficient (Wildman–Crippen LogP) is 2.74. The van der Waals surface area contributed by atoms with Crippen molar-refractivity contribution in [2.24, 2.45) is 0 Å². The zero-order chi connectivity index (χ0) is 24.5. The van der Waals surface area contributed by atoms with Gasteiger partial charge in [0.1, 0.15) is 0 Å². The molecule has 176 valence electrons. The van der Waals surface area contributed by atoms with E-state index in [-0.39, 0.29) is 5.91 Å². The van der Waals surface area contributed by atoms with Crippen molar-refractivity contribution < 1.29 is 34.1 Å². The van der Waals surface area contributed by atoms with Crippen LogP contribution in [0.4, 0.5) is 21.9 Å². The van der Waals surface area contributed by atoms with Gasteiger partial charge < -0.3 is 19.8 Å². The Hall–Kier alpha value is -3.92. The SMILES string of the molecule is CCOC(=O)Nc1ccc2c(c1)N(C(=O)CN(C)C)c1ccccc1CC2.O=C(O)C(=O)O. The van der Waals surface area contributed by atoms with Gasteiger partial charge in [0.05, 0.1) is 24.5 Å². The highest BCUT2D eigenvalue weighted by Crippen LogP contribution is 2.37. The number of nitrogens with one attached hydrogen (secondary N) is 1. The first-order valence-electron chi connectivity index (χ1n) is 10.2. The summed E-state index contributed by atoms with van der Waals surface area (Å²) in [6.45, 7) is 2.36. The van der Waals surface area contributed by atoms with E-state index in [0.29, 0.717) is 18.8 Å². The second-order valence-electron chi connectivity index (χ2n) is 7.39. The van der Waals surface area contributed by atoms with Gasteiger partial charge in [-0.2, -0.15) is 0 Å². The molecule has 10 nitrogen and oxygen atoms in total. The number of fused-ring (bicyclic) bond motifs is 2. The fourth-order valence-electron chi connectivity index (χ4n) is 3.30. The third-order valence-electron chi connectivity index (χ3n) is 4.63. The molecule has 3 N–H and O–H groups in total. The minimum absolute atomic E-state index is 0.0103. The molecule has 2 aromatic rings. The molecule has 0 radical (unpaired) electrons. The summed E-state index contributed by atoms with van der Waals surface area (Å²) < 4.78 is 4.96. The number of carboxylic acids is 2. The van der Waals surface area contributed by atoms with Crippen LogP contribution in [0.2, 0.25) is 0 Å². The van der Waals surface area contributed by atoms with Crippen molar-refractivity contribution >= 4 is 41.0 Å². The number of nitrogens with zero attached hydrogens (tertiary/aromatic N) is 2. The summed E-state index contributed by atoms with van der Waals surface area (Å²) in [5.41, 5.74) is 4.53. The first-order valence-corrected chi connectivity index (χ1v) is 10.2. The van der Waals surface area contributed by atoms with E-state index in [0.717, 1.165) is 35.3 Å². The number of hydrogen-bond donors (Lipinski definition) is 3. The van der Waals surface area contributed by atoms with E-state index < -0.39 is 18.0 Å². The summed E-state index contributed by atoms with van der Waals surface area (Å²) in [4.78, 5) is 46.7. The van der Waals surface area contributed by atoms with E-state index in [4.69, 9.17) is 24.5 Å². The van der Waals surface area contributed by atoms with Gasteiger partial charge >= 0.3 is 18.0 Å². The first kappa shape index (κ1) is 25.3. The van der Waals surface area contributed by atoms with Gasteiger partial charge in [-0.15, -0.1) is 0 Å². The van der Waals surface area contributed by atoms with Crippen molar-refractivity contribution in [1.29, 1.82) is 0 Å². The zero-order valence-electron chi connectivity index (χ0n) is 18.7. The van der Waals surface area contributed by atoms with Gasteiger partial charge in [-0.3, -0.25) is 15.0 Å². The number of rotatable bonds is 4. The molecule has 1 aliphatic heterocycles. The van der Waals surface area contributed by atoms with Gasteiger partial charge in [0.25, 0.3) is 0 Å². The summed E-state index contributed by atoms with van der Waals surface area (Å²) in [6, 6.07) is 13.6. The molecule has 3 rings (SSSR count). The molecule has 0 aromatic heterocycles. The molecule has 0 atom stereocenters. The third-order valence-corrected chi connectivity index (χ3v) is 4.63. The van der Waals surface area contributed by atoms with E-state index >= 15 is 0 Å². The standard InChI is InChI=1S/C21H25N3O3.C2H2O4/c1-4-27-21(26)22-17-12-11-16-10-9-15-7-5-6-8-18(15)24(19(16)13-17)20(25)14-23(2)3;3-1(4)2(5)6/h5-8,11-13H,4,9-10,14H2,1-3H3,(H,22,26);(H,3,4)(H,5,6). The molecular formula is C23H27N3O7. The van der Waals surface area contributed by atoms with Crippen molar-refractivity contribution in [2.75, 3.05) is 37.5 Å². The Kier molecular flexibility index (Phi) is 8.93. The number of anilines is 3. The Morgan fingerprint density at radius 1 is 0.970 bits per heavy atom. The number of carbonyl (C=O) groups excluding carboxylic acids is 2. The maximum Gasteiger partial charge on any atom is 0.414 e. The van der Waals surface area contributed by atoms with E-state index in [9.17, 15) is 9.59 Å². The Morgan fingerprint density at radius 3 is 2.15 bits per heavy atom. The molecule has 33 heavy (non-hydrogen) atoms. The topological polar surface area (TPSA) is 136 Å². The highest BCUT2D eigenvalue weighted by molar-refractivity contribution is 6.27. The molecule has 2 amide bonds. The van der Waals surface area contributed by atoms with Gasteiger partial charge in [-0.1, -0.05) is 24.3 Å². The van der Waals surface area contributed by atoms with Crippen LogP contribution in [0.5, 0.6) is 0 Å². The van der Waals surface area contributed by atoms with E-state index in [2.05, 4.69) is 11.4 Å². The first-order chi connectivity index (χ1) is 15.6. The number of benzene rings is 2. The largest absolute Gasteiger partial charge is 0.473 e. The van der Waals surface area contributed by atoms with Gasteiger partial charge in [0.15, 0.2) is 0 Å². The number of carboxylic acid groups (broad SMARTS) is 2. The van der Waals surface area contributed by atoms with Crippen LogP contribution in [-0.2, 0) is 32.0 Å². The minimum Gasteiger partial charge on any atom is -0.473 e. The molecule has 0 spiro atoms. The highest BCUT2D eigenvalue weighted by Gasteiger charge is 2.26. The summed E-state index contributed by atoms with van der Waals surface area (Å²) in [5.74, 6) is -3.66. The maximum atomic E-state index is 13.1. The Balaban J connectivity index is 0.000000569. The van der Waals surface area contributed by atoms with Crippen molar-refractivity contribution in [3.63, 3.8) is 0 Å². The average Bonchev–Trinajstić information content (AvgIpc) is 2.90. The zero-order valence-corrected chi connectivity index (χ0v) is 18.7. The number of hydrogen-bond acceptors (Lipinski definition) is 6. The number of amides is 2. The van der Waals surface area contributed by atoms with Crippen LogP contribution < -0.4 is 10.2 Å². The minimum atomic E-state index is -1.82. The smallest absolute Gasteiger partial charge is 0.414 e. The van der Waals surface area contributed by atoms with Crippen molar-refractivity contribution in [3.05, 3.63) is 53.6 Å². The quantitative estimate of drug-likeness (QED) is 0.596. The second kappa shape index (κ2) is 11.6. The van der Waals surface area contributed by atoms with E-state index in [1.165, 1.54) is 0 Å². The number of para-hydroxylation sites is 1. The lowest BCUT2D eigenvalue weighted by Gasteiger charge is -2.27. The molecule has 0 fully saturated rings. The number of ether oxygens (including phenoxy) is 1. The second-order valence-corrected chi connectivity index (χ2v) is 7.39. The summed E-state index contributed by atoms with van der Waals surface area (Å²) in [5, 5.41) is 17.5. The van der Waals surface area contributed by atoms with Crippen LogP contribution in [0.3, 0.4) is 0 Å². The third kappa shape index (κ3) is 7.04. The predicted molar refractivity (Wildman–Crippen MR) is 122 cm³/mol. The Morgan fingerprint density at radius 2 is 1.58 bits per heavy atom. The van der Waals surface area contributed by atoms with Crippen LogP contribution in [-0.4, -0.2) is 66.3 Å². The molecular weight excluding hydrogens is 430 g/mol. The van der Waals surface area contributed by atoms with Crippen LogP contribution in [0, 0.1) is 0 Å². The Labute approximate surface area is 191 Å². The van der Waals surface area contributed by atoms with Crippen molar-refractivity contribution in [2.45, 2.75) is 19.8 Å². The maximum absolute atomic E-state index is 13.1. The van der Waals surface area contributed by atoms with Gasteiger partial charge in [0.2, 0.25) is 5.91 Å². The summed E-state index contributed by atoms with van der Waals surface area (Å²) in [7, 11) is 3.75. The van der Waals surface area contributed by atoms with Crippen molar-refractivity contribution in [3.8, 4) is 0 Å². The molecule has 1 heterocycles. The fraction of sp³-hybridized carbons (Fsp3) is 0.304. The Bertz CT molecular complexity index is 1020. The van der Waals surface area contributed by atoms with Crippen LogP contribution in [0.15, 0.2) is 42.5 Å². The number of likely N-dealkylation sites (N-methyl/N-ethyl adjacent to an activating group) is 1. The number of carbonyl (C=O) groups is 4. The molecule has 1 aliphatic rings. The normalized spacial score (nSPS) is 11.8. The lowest BCUT2D eigenvalue weighted by Crippen LogP contribution is -2.35. The van der Waals surface area contributed by atoms with E-state index in [1.807, 2.05) is 55.4 Å². The molecule has 0 bridgehead atoms. The van der Waals surface area contributed by atoms with Crippen LogP contribution in [0.25, 0.3) is 0 Å². The van der Waals surface area contributed by atoms with Crippen LogP contribution in [0.1, 0.15) is 18.1 Å². The fourth-order valence-corrected chi connectivity index (χ4v) is 3.30. The molecule has 2 aromatic carbocycles. The molecule has 0 saturated carbocycles. The monoisotopic (exact) mass is 457 g/mol. The van der Waals surface area contributed by atoms with Crippen molar-refractivity contribution in [1.82, 2.24) is 4.90 Å². The lowest BCUT2D eigenvalue weighted by atomic mass is 10.0. The van der Waals surface area contributed by atoms with Gasteiger partial charge in [-0.05, 0) is 63.2 Å². The van der Waals surface area contributed by atoms with E-state index in [1.54, 1.807) is 11.8 Å².